The summed E-state index contributed by atoms with van der Waals surface area (Å²) in [5.74, 6) is 0. The molecule has 60 valence electrons. The summed E-state index contributed by atoms with van der Waals surface area (Å²) in [5.41, 5.74) is 1.74. The molecule has 0 aliphatic carbocycles. The fourth-order valence-corrected chi connectivity index (χ4v) is 1.99. The summed E-state index contributed by atoms with van der Waals surface area (Å²) in [6.45, 7) is 0. The highest BCUT2D eigenvalue weighted by atomic mass is 127. The van der Waals surface area contributed by atoms with Crippen LogP contribution >= 0.6 is 22.9 Å². The summed E-state index contributed by atoms with van der Waals surface area (Å²) in [6, 6.07) is 7.71. The van der Waals surface area contributed by atoms with Crippen LogP contribution < -0.4 is 0 Å². The van der Waals surface area contributed by atoms with E-state index in [4.69, 9.17) is 0 Å². The molecule has 0 amide bonds. The van der Waals surface area contributed by atoms with E-state index in [0.717, 1.165) is 22.8 Å². The zero-order valence-corrected chi connectivity index (χ0v) is 8.36. The SMILES string of the molecule is O=Cc1cccc2ccn(I)c12. The highest BCUT2D eigenvalue weighted by Gasteiger charge is 2.02. The van der Waals surface area contributed by atoms with Gasteiger partial charge < -0.3 is 0 Å². The predicted octanol–water partition coefficient (Wildman–Crippen LogP) is 2.65. The molecule has 0 bridgehead atoms. The van der Waals surface area contributed by atoms with Gasteiger partial charge in [-0.25, -0.2) is 0 Å². The lowest BCUT2D eigenvalue weighted by molar-refractivity contribution is 0.112. The lowest BCUT2D eigenvalue weighted by Gasteiger charge is -1.96. The maximum Gasteiger partial charge on any atom is 0.152 e. The topological polar surface area (TPSA) is 22.0 Å². The summed E-state index contributed by atoms with van der Waals surface area (Å²) in [4.78, 5) is 10.7. The molecule has 0 fully saturated rings. The molecule has 1 aromatic carbocycles. The number of hydrogen-bond acceptors (Lipinski definition) is 1. The van der Waals surface area contributed by atoms with Gasteiger partial charge in [0.15, 0.2) is 6.29 Å². The molecule has 1 heterocycles. The number of carbonyl (C=O) groups excluding carboxylic acids is 1. The smallest absolute Gasteiger partial charge is 0.152 e. The number of carbonyl (C=O) groups is 1. The van der Waals surface area contributed by atoms with Crippen LogP contribution in [0.1, 0.15) is 10.4 Å². The van der Waals surface area contributed by atoms with E-state index in [1.807, 2.05) is 33.2 Å². The van der Waals surface area contributed by atoms with Crippen LogP contribution in [0.15, 0.2) is 30.5 Å². The minimum atomic E-state index is 0.743. The fourth-order valence-electron chi connectivity index (χ4n) is 1.28. The van der Waals surface area contributed by atoms with E-state index < -0.39 is 0 Å². The maximum atomic E-state index is 10.7. The molecule has 3 heteroatoms. The van der Waals surface area contributed by atoms with Gasteiger partial charge in [-0.3, -0.25) is 7.58 Å². The van der Waals surface area contributed by atoms with Crippen molar-refractivity contribution in [3.63, 3.8) is 0 Å². The molecule has 2 rings (SSSR count). The first-order valence-electron chi connectivity index (χ1n) is 3.54. The van der Waals surface area contributed by atoms with Gasteiger partial charge in [-0.05, 0) is 12.1 Å². The lowest BCUT2D eigenvalue weighted by atomic mass is 10.2. The number of halogens is 1. The zero-order chi connectivity index (χ0) is 8.55. The Balaban J connectivity index is 2.93. The third-order valence-corrected chi connectivity index (χ3v) is 2.63. The Hall–Kier alpha value is -0.840. The van der Waals surface area contributed by atoms with Crippen molar-refractivity contribution >= 4 is 40.1 Å². The summed E-state index contributed by atoms with van der Waals surface area (Å²) in [6.07, 6.45) is 2.83. The van der Waals surface area contributed by atoms with Gasteiger partial charge in [0.25, 0.3) is 0 Å². The first kappa shape index (κ1) is 7.79. The van der Waals surface area contributed by atoms with Crippen LogP contribution in [0.4, 0.5) is 0 Å². The van der Waals surface area contributed by atoms with Gasteiger partial charge in [0.2, 0.25) is 0 Å². The van der Waals surface area contributed by atoms with E-state index in [1.165, 1.54) is 0 Å². The quantitative estimate of drug-likeness (QED) is 0.577. The normalized spacial score (nSPS) is 10.4. The average Bonchev–Trinajstić information content (AvgIpc) is 2.48. The first-order valence-corrected chi connectivity index (χ1v) is 4.51. The van der Waals surface area contributed by atoms with Gasteiger partial charge >= 0.3 is 0 Å². The van der Waals surface area contributed by atoms with E-state index in [2.05, 4.69) is 22.9 Å². The standard InChI is InChI=1S/C9H6INO/c10-11-5-4-7-2-1-3-8(6-12)9(7)11/h1-6H. The second kappa shape index (κ2) is 2.90. The number of fused-ring (bicyclic) bond motifs is 1. The van der Waals surface area contributed by atoms with Crippen molar-refractivity contribution in [2.24, 2.45) is 0 Å². The summed E-state index contributed by atoms with van der Waals surface area (Å²) in [5, 5.41) is 1.11. The van der Waals surface area contributed by atoms with E-state index in [9.17, 15) is 4.79 Å². The summed E-state index contributed by atoms with van der Waals surface area (Å²) in [7, 11) is 0. The summed E-state index contributed by atoms with van der Waals surface area (Å²) >= 11 is 2.16. The number of hydrogen-bond donors (Lipinski definition) is 0. The molecule has 0 aliphatic heterocycles. The molecule has 0 spiro atoms. The minimum Gasteiger partial charge on any atom is -0.298 e. The average molecular weight is 271 g/mol. The molecule has 12 heavy (non-hydrogen) atoms. The lowest BCUT2D eigenvalue weighted by Crippen LogP contribution is -1.84. The molecular weight excluding hydrogens is 265 g/mol. The van der Waals surface area contributed by atoms with E-state index in [-0.39, 0.29) is 0 Å². The van der Waals surface area contributed by atoms with Gasteiger partial charge in [-0.15, -0.1) is 0 Å². The van der Waals surface area contributed by atoms with E-state index >= 15 is 0 Å². The number of aldehydes is 1. The molecule has 2 nitrogen and oxygen atoms in total. The Kier molecular flexibility index (Phi) is 1.88. The van der Waals surface area contributed by atoms with Crippen molar-refractivity contribution in [3.05, 3.63) is 36.0 Å². The number of benzene rings is 1. The summed E-state index contributed by atoms with van der Waals surface area (Å²) < 4.78 is 1.93. The van der Waals surface area contributed by atoms with Crippen LogP contribution in [-0.4, -0.2) is 9.07 Å². The number of aromatic nitrogens is 1. The Morgan fingerprint density at radius 1 is 1.33 bits per heavy atom. The van der Waals surface area contributed by atoms with Gasteiger partial charge in [-0.2, -0.15) is 0 Å². The van der Waals surface area contributed by atoms with Crippen molar-refractivity contribution < 1.29 is 4.79 Å². The van der Waals surface area contributed by atoms with Crippen molar-refractivity contribution in [1.29, 1.82) is 0 Å². The Morgan fingerprint density at radius 3 is 2.92 bits per heavy atom. The van der Waals surface area contributed by atoms with Crippen molar-refractivity contribution in [3.8, 4) is 0 Å². The Labute approximate surface area is 83.7 Å². The van der Waals surface area contributed by atoms with Crippen LogP contribution in [0.25, 0.3) is 10.9 Å². The minimum absolute atomic E-state index is 0.743. The molecular formula is C9H6INO. The maximum absolute atomic E-state index is 10.7. The number of rotatable bonds is 1. The largest absolute Gasteiger partial charge is 0.298 e. The highest BCUT2D eigenvalue weighted by molar-refractivity contribution is 14.1. The van der Waals surface area contributed by atoms with Gasteiger partial charge in [-0.1, -0.05) is 12.1 Å². The predicted molar refractivity (Wildman–Crippen MR) is 56.7 cm³/mol. The molecule has 0 atom stereocenters. The van der Waals surface area contributed by atoms with Crippen LogP contribution in [0.2, 0.25) is 0 Å². The fraction of sp³-hybridized carbons (Fsp3) is 0. The van der Waals surface area contributed by atoms with Gasteiger partial charge in [0.1, 0.15) is 0 Å². The molecule has 2 aromatic rings. The molecule has 0 N–H and O–H groups in total. The van der Waals surface area contributed by atoms with Crippen LogP contribution in [0, 0.1) is 0 Å². The van der Waals surface area contributed by atoms with E-state index in [1.54, 1.807) is 0 Å². The molecule has 0 aliphatic rings. The molecule has 0 saturated carbocycles. The monoisotopic (exact) mass is 271 g/mol. The number of nitrogens with zero attached hydrogens (tertiary/aromatic N) is 1. The number of para-hydroxylation sites is 1. The highest BCUT2D eigenvalue weighted by Crippen LogP contribution is 2.20. The van der Waals surface area contributed by atoms with Crippen LogP contribution in [0.3, 0.4) is 0 Å². The van der Waals surface area contributed by atoms with E-state index in [0.29, 0.717) is 0 Å². The second-order valence-electron chi connectivity index (χ2n) is 2.53. The third-order valence-electron chi connectivity index (χ3n) is 1.82. The van der Waals surface area contributed by atoms with Crippen LogP contribution in [-0.2, 0) is 0 Å². The van der Waals surface area contributed by atoms with Crippen LogP contribution in [0.5, 0.6) is 0 Å². The van der Waals surface area contributed by atoms with Crippen molar-refractivity contribution in [2.75, 3.05) is 0 Å². The first-order chi connectivity index (χ1) is 5.83. The third kappa shape index (κ3) is 1.04. The van der Waals surface area contributed by atoms with Crippen molar-refractivity contribution in [2.45, 2.75) is 0 Å². The molecule has 1 aromatic heterocycles. The van der Waals surface area contributed by atoms with Crippen molar-refractivity contribution in [1.82, 2.24) is 2.78 Å². The molecule has 0 radical (unpaired) electrons. The molecule has 0 unspecified atom stereocenters. The molecule has 0 saturated heterocycles. The second-order valence-corrected chi connectivity index (χ2v) is 3.57. The Morgan fingerprint density at radius 2 is 2.17 bits per heavy atom. The van der Waals surface area contributed by atoms with Gasteiger partial charge in [0, 0.05) is 17.1 Å². The Bertz CT molecular complexity index is 433. The zero-order valence-electron chi connectivity index (χ0n) is 6.20. The van der Waals surface area contributed by atoms with Gasteiger partial charge in [0.05, 0.1) is 28.4 Å².